The molecule has 0 rings (SSSR count). The van der Waals surface area contributed by atoms with Crippen LogP contribution in [0.2, 0.25) is 15.8 Å². The first-order valence-electron chi connectivity index (χ1n) is 6.92. The van der Waals surface area contributed by atoms with E-state index in [9.17, 15) is 0 Å². The minimum atomic E-state index is -0.576. The zero-order valence-electron chi connectivity index (χ0n) is 13.5. The Morgan fingerprint density at radius 2 is 0.882 bits per heavy atom. The summed E-state index contributed by atoms with van der Waals surface area (Å²) in [6.45, 7) is 18.8. The Hall–Kier alpha value is 0.463. The summed E-state index contributed by atoms with van der Waals surface area (Å²) in [5.41, 5.74) is -0.430. The monoisotopic (exact) mass is 308 g/mol. The predicted octanol–water partition coefficient (Wildman–Crippen LogP) is 4.80. The van der Waals surface area contributed by atoms with Crippen molar-refractivity contribution in [2.45, 2.75) is 89.3 Å². The summed E-state index contributed by atoms with van der Waals surface area (Å²) < 4.78 is 0. The minimum absolute atomic E-state index is 0.215. The molecule has 0 radical (unpaired) electrons. The van der Waals surface area contributed by atoms with Gasteiger partial charge in [0.2, 0.25) is 0 Å². The summed E-state index contributed by atoms with van der Waals surface area (Å²) in [6, 6.07) is 0. The number of rotatable bonds is 4. The van der Waals surface area contributed by atoms with E-state index in [0.29, 0.717) is 0 Å². The molecule has 0 aromatic rings. The maximum atomic E-state index is 5.09. The van der Waals surface area contributed by atoms with Gasteiger partial charge in [0, 0.05) is 0 Å². The molecule has 0 N–H and O–H groups in total. The third-order valence-corrected chi connectivity index (χ3v) is 9.54. The molecule has 0 saturated heterocycles. The summed E-state index contributed by atoms with van der Waals surface area (Å²) in [6.07, 6.45) is 0. The van der Waals surface area contributed by atoms with Gasteiger partial charge in [-0.15, -0.1) is 0 Å². The Labute approximate surface area is 113 Å². The fourth-order valence-electron chi connectivity index (χ4n) is 1.12. The van der Waals surface area contributed by atoms with E-state index in [1.165, 1.54) is 0 Å². The first-order chi connectivity index (χ1) is 7.55. The second-order valence-electron chi connectivity index (χ2n) is 6.48. The van der Waals surface area contributed by atoms with Crippen LogP contribution in [-0.4, -0.2) is 25.6 Å². The van der Waals surface area contributed by atoms with Crippen LogP contribution in [0.1, 0.15) is 62.3 Å². The van der Waals surface area contributed by atoms with E-state index in [0.717, 1.165) is 0 Å². The zero-order chi connectivity index (χ0) is 14.1. The average molecular weight is 307 g/mol. The van der Waals surface area contributed by atoms with E-state index in [1.54, 1.807) is 15.8 Å². The van der Waals surface area contributed by atoms with E-state index < -0.39 is 14.3 Å². The third-order valence-electron chi connectivity index (χ3n) is 2.27. The van der Waals surface area contributed by atoms with Gasteiger partial charge in [0.05, 0.1) is 11.2 Å². The molecule has 0 heterocycles. The van der Waals surface area contributed by atoms with E-state index in [2.05, 4.69) is 20.8 Å². The van der Waals surface area contributed by atoms with Crippen LogP contribution in [0.25, 0.3) is 0 Å². The Morgan fingerprint density at radius 1 is 0.647 bits per heavy atom. The van der Waals surface area contributed by atoms with E-state index in [4.69, 9.17) is 9.78 Å². The van der Waals surface area contributed by atoms with Gasteiger partial charge in [0.1, 0.15) is 0 Å². The second-order valence-corrected chi connectivity index (χ2v) is 15.3. The summed E-state index contributed by atoms with van der Waals surface area (Å²) in [7, 11) is 0. The molecular weight excluding hydrogens is 273 g/mol. The van der Waals surface area contributed by atoms with Crippen molar-refractivity contribution in [3.63, 3.8) is 0 Å². The van der Waals surface area contributed by atoms with Crippen molar-refractivity contribution in [3.8, 4) is 0 Å². The van der Waals surface area contributed by atoms with Crippen molar-refractivity contribution in [1.29, 1.82) is 0 Å². The Morgan fingerprint density at radius 3 is 0.941 bits per heavy atom. The van der Waals surface area contributed by atoms with Crippen molar-refractivity contribution in [2.24, 2.45) is 0 Å². The van der Waals surface area contributed by atoms with Gasteiger partial charge in [-0.05, 0) is 41.5 Å². The summed E-state index contributed by atoms with van der Waals surface area (Å²) in [5.74, 6) is 0. The van der Waals surface area contributed by atoms with Crippen LogP contribution in [0.4, 0.5) is 0 Å². The van der Waals surface area contributed by atoms with Crippen molar-refractivity contribution in [3.05, 3.63) is 0 Å². The molecule has 0 fully saturated rings. The van der Waals surface area contributed by atoms with Gasteiger partial charge in [-0.1, -0.05) is 0 Å². The summed E-state index contributed by atoms with van der Waals surface area (Å²) in [4.78, 5) is 10.2. The normalized spacial score (nSPS) is 12.4. The standard InChI is InChI=1S/C8H18O2.C6H16Ge/c1-7(2,3)9-10-8(4,5)6;1-4-7(5-2)6-3/h1-6H3;7H,4-6H2,1-3H3. The van der Waals surface area contributed by atoms with Crippen LogP contribution < -0.4 is 0 Å². The van der Waals surface area contributed by atoms with Gasteiger partial charge >= 0.3 is 50.9 Å². The Kier molecular flexibility index (Phi) is 10.9. The van der Waals surface area contributed by atoms with Gasteiger partial charge in [-0.25, -0.2) is 9.78 Å². The fourth-order valence-corrected chi connectivity index (χ4v) is 4.75. The van der Waals surface area contributed by atoms with Crippen LogP contribution in [0.15, 0.2) is 0 Å². The van der Waals surface area contributed by atoms with Gasteiger partial charge in [0.15, 0.2) is 0 Å². The van der Waals surface area contributed by atoms with E-state index >= 15 is 0 Å². The van der Waals surface area contributed by atoms with E-state index in [-0.39, 0.29) is 11.2 Å². The molecule has 0 bridgehead atoms. The molecule has 0 aromatic carbocycles. The SMILES string of the molecule is CC(C)(C)OOC(C)(C)C.C[CH2][GeH]([CH2]C)[CH2]C. The van der Waals surface area contributed by atoms with Crippen molar-refractivity contribution in [1.82, 2.24) is 0 Å². The predicted molar refractivity (Wildman–Crippen MR) is 80.3 cm³/mol. The summed E-state index contributed by atoms with van der Waals surface area (Å²) in [5, 5.41) is 4.62. The molecule has 17 heavy (non-hydrogen) atoms. The molecule has 0 aliphatic rings. The molecule has 0 atom stereocenters. The van der Waals surface area contributed by atoms with Crippen molar-refractivity contribution >= 4 is 14.3 Å². The zero-order valence-corrected chi connectivity index (χ0v) is 15.9. The molecule has 0 aliphatic heterocycles. The van der Waals surface area contributed by atoms with Gasteiger partial charge in [-0.2, -0.15) is 0 Å². The van der Waals surface area contributed by atoms with Crippen LogP contribution >= 0.6 is 0 Å². The molecule has 0 aliphatic carbocycles. The second kappa shape index (κ2) is 9.40. The molecule has 0 saturated carbocycles. The Bertz CT molecular complexity index is 145. The number of hydrogen-bond acceptors (Lipinski definition) is 2. The first kappa shape index (κ1) is 19.8. The quantitative estimate of drug-likeness (QED) is 0.422. The van der Waals surface area contributed by atoms with Gasteiger partial charge < -0.3 is 0 Å². The van der Waals surface area contributed by atoms with Gasteiger partial charge in [-0.3, -0.25) is 0 Å². The van der Waals surface area contributed by atoms with Crippen LogP contribution in [-0.2, 0) is 9.78 Å². The molecule has 0 aromatic heterocycles. The maximum absolute atomic E-state index is 5.09. The van der Waals surface area contributed by atoms with Crippen LogP contribution in [0, 0.1) is 0 Å². The molecule has 2 nitrogen and oxygen atoms in total. The molecule has 3 heteroatoms. The molecule has 0 amide bonds. The Balaban J connectivity index is 0. The first-order valence-corrected chi connectivity index (χ1v) is 12.1. The van der Waals surface area contributed by atoms with Crippen LogP contribution in [0.5, 0.6) is 0 Å². The topological polar surface area (TPSA) is 18.5 Å². The molecule has 0 unspecified atom stereocenters. The summed E-state index contributed by atoms with van der Waals surface area (Å²) >= 11 is -0.576. The van der Waals surface area contributed by atoms with E-state index in [1.807, 2.05) is 41.5 Å². The fraction of sp³-hybridized carbons (Fsp3) is 1.00. The van der Waals surface area contributed by atoms with Crippen molar-refractivity contribution in [2.75, 3.05) is 0 Å². The molecule has 0 spiro atoms. The van der Waals surface area contributed by atoms with Crippen LogP contribution in [0.3, 0.4) is 0 Å². The molecule has 106 valence electrons. The van der Waals surface area contributed by atoms with Crippen molar-refractivity contribution < 1.29 is 9.78 Å². The third kappa shape index (κ3) is 19.0. The van der Waals surface area contributed by atoms with Gasteiger partial charge in [0.25, 0.3) is 0 Å². The molecular formula is C14H34GeO2. The average Bonchev–Trinajstić information content (AvgIpc) is 2.17. The number of hydrogen-bond donors (Lipinski definition) is 0.